The molecule has 332 valence electrons. The molecule has 1 unspecified atom stereocenters. The fourth-order valence-electron chi connectivity index (χ4n) is 6.74. The van der Waals surface area contributed by atoms with Crippen molar-refractivity contribution in [2.45, 2.75) is 187 Å². The number of rotatable bonds is 25. The number of carboxylic acids is 1. The molecule has 0 saturated carbocycles. The third-order valence-electron chi connectivity index (χ3n) is 9.32. The van der Waals surface area contributed by atoms with Crippen LogP contribution < -0.4 is 10.6 Å². The molecule has 0 radical (unpaired) electrons. The van der Waals surface area contributed by atoms with Gasteiger partial charge in [0.05, 0.1) is 0 Å². The van der Waals surface area contributed by atoms with Gasteiger partial charge in [-0.25, -0.2) is 4.79 Å². The van der Waals surface area contributed by atoms with Crippen LogP contribution in [0.25, 0.3) is 0 Å². The summed E-state index contributed by atoms with van der Waals surface area (Å²) in [4.78, 5) is 86.2. The maximum atomic E-state index is 12.7. The quantitative estimate of drug-likeness (QED) is 0.0680. The summed E-state index contributed by atoms with van der Waals surface area (Å²) in [5, 5.41) is 15.3. The number of carbonyl (C=O) groups excluding carboxylic acids is 6. The summed E-state index contributed by atoms with van der Waals surface area (Å²) in [5.74, 6) is -5.66. The van der Waals surface area contributed by atoms with E-state index in [1.807, 2.05) is 0 Å². The summed E-state index contributed by atoms with van der Waals surface area (Å²) in [6, 6.07) is -2.66. The van der Waals surface area contributed by atoms with Crippen LogP contribution >= 0.6 is 0 Å². The maximum Gasteiger partial charge on any atom is 0.332 e. The van der Waals surface area contributed by atoms with E-state index in [0.717, 1.165) is 60.3 Å². The fraction of sp³-hybridized carbons (Fsp3) is 0.821. The number of carboxylic acid groups (broad SMARTS) is 1. The van der Waals surface area contributed by atoms with Crippen LogP contribution in [-0.4, -0.2) is 134 Å². The average molecular weight is 833 g/mol. The van der Waals surface area contributed by atoms with Crippen LogP contribution in [0.15, 0.2) is 0 Å². The standard InChI is InChI=1S/C39H64N2O17/c1-9-10-11-12-13-14-15-16-17-18-19-50-38-31(40-23(3)42)35(53-22(2)37(48)49)34(30(56-38)21-52-26(6)45)58-39-32(41-24(4)43)36(55-28(8)47)33(54-27(7)46)29(57-39)20-51-25(5)44/h22,29-36,38-39H,9-21H2,1-8H3,(H,40,42)(H,41,43)(H,48,49)/t22?,29-,30-,31-,32-,33-,34-,35-,36-,38-,39+/m1/s1. The molecule has 0 spiro atoms. The first kappa shape index (κ1) is 50.2. The van der Waals surface area contributed by atoms with E-state index in [4.69, 9.17) is 42.6 Å². The summed E-state index contributed by atoms with van der Waals surface area (Å²) >= 11 is 0. The maximum absolute atomic E-state index is 12.7. The highest BCUT2D eigenvalue weighted by molar-refractivity contribution is 5.74. The first-order valence-electron chi connectivity index (χ1n) is 20.1. The van der Waals surface area contributed by atoms with Crippen LogP contribution in [-0.2, 0) is 76.2 Å². The molecule has 2 heterocycles. The lowest BCUT2D eigenvalue weighted by Crippen LogP contribution is -2.70. The molecule has 2 aliphatic rings. The van der Waals surface area contributed by atoms with Gasteiger partial charge >= 0.3 is 29.8 Å². The van der Waals surface area contributed by atoms with Gasteiger partial charge in [0.1, 0.15) is 49.7 Å². The molecule has 0 bridgehead atoms. The van der Waals surface area contributed by atoms with Crippen molar-refractivity contribution in [3.8, 4) is 0 Å². The van der Waals surface area contributed by atoms with E-state index in [9.17, 15) is 38.7 Å². The third kappa shape index (κ3) is 17.9. The molecule has 0 aromatic rings. The van der Waals surface area contributed by atoms with Crippen LogP contribution in [0.5, 0.6) is 0 Å². The van der Waals surface area contributed by atoms with E-state index >= 15 is 0 Å². The van der Waals surface area contributed by atoms with Crippen molar-refractivity contribution in [2.75, 3.05) is 19.8 Å². The molecule has 2 rings (SSSR count). The Labute approximate surface area is 340 Å². The lowest BCUT2D eigenvalue weighted by atomic mass is 9.93. The Morgan fingerprint density at radius 2 is 1.03 bits per heavy atom. The summed E-state index contributed by atoms with van der Waals surface area (Å²) in [6.07, 6.45) is -2.08. The van der Waals surface area contributed by atoms with Gasteiger partial charge in [-0.1, -0.05) is 64.7 Å². The Kier molecular flexibility index (Phi) is 22.7. The number of nitrogens with one attached hydrogen (secondary N) is 2. The van der Waals surface area contributed by atoms with Crippen LogP contribution in [0.2, 0.25) is 0 Å². The molecule has 0 aliphatic carbocycles. The molecule has 19 heteroatoms. The first-order chi connectivity index (χ1) is 27.4. The van der Waals surface area contributed by atoms with E-state index in [0.29, 0.717) is 6.42 Å². The number of unbranched alkanes of at least 4 members (excludes halogenated alkanes) is 9. The highest BCUT2D eigenvalue weighted by Gasteiger charge is 2.56. The van der Waals surface area contributed by atoms with Gasteiger partial charge in [0.2, 0.25) is 11.8 Å². The number of hydrogen-bond donors (Lipinski definition) is 3. The number of carbonyl (C=O) groups is 7. The second-order valence-electron chi connectivity index (χ2n) is 14.5. The molecule has 11 atom stereocenters. The van der Waals surface area contributed by atoms with Gasteiger partial charge in [-0.3, -0.25) is 28.8 Å². The third-order valence-corrected chi connectivity index (χ3v) is 9.32. The van der Waals surface area contributed by atoms with Gasteiger partial charge in [0.25, 0.3) is 0 Å². The molecule has 58 heavy (non-hydrogen) atoms. The number of hydrogen-bond acceptors (Lipinski definition) is 16. The van der Waals surface area contributed by atoms with Crippen LogP contribution in [0.4, 0.5) is 0 Å². The molecule has 2 saturated heterocycles. The fourth-order valence-corrected chi connectivity index (χ4v) is 6.74. The second-order valence-corrected chi connectivity index (χ2v) is 14.5. The minimum absolute atomic E-state index is 0.194. The summed E-state index contributed by atoms with van der Waals surface area (Å²) < 4.78 is 52.9. The molecule has 0 aromatic heterocycles. The van der Waals surface area contributed by atoms with Gasteiger partial charge < -0.3 is 58.4 Å². The number of esters is 4. The predicted molar refractivity (Wildman–Crippen MR) is 202 cm³/mol. The number of ether oxygens (including phenoxy) is 9. The zero-order valence-corrected chi connectivity index (χ0v) is 35.0. The lowest BCUT2D eigenvalue weighted by Gasteiger charge is -2.50. The Hall–Kier alpha value is -3.91. The summed E-state index contributed by atoms with van der Waals surface area (Å²) in [5.41, 5.74) is 0. The topological polar surface area (TPSA) is 247 Å². The van der Waals surface area contributed by atoms with Gasteiger partial charge in [0, 0.05) is 48.1 Å². The van der Waals surface area contributed by atoms with E-state index in [1.165, 1.54) is 46.0 Å². The van der Waals surface area contributed by atoms with E-state index in [1.54, 1.807) is 0 Å². The Morgan fingerprint density at radius 1 is 0.586 bits per heavy atom. The zero-order valence-electron chi connectivity index (χ0n) is 35.0. The van der Waals surface area contributed by atoms with Crippen molar-refractivity contribution in [1.29, 1.82) is 0 Å². The Morgan fingerprint density at radius 3 is 1.50 bits per heavy atom. The zero-order chi connectivity index (χ0) is 43.4. The van der Waals surface area contributed by atoms with Crippen molar-refractivity contribution in [3.05, 3.63) is 0 Å². The number of amides is 2. The average Bonchev–Trinajstić information content (AvgIpc) is 3.12. The van der Waals surface area contributed by atoms with Gasteiger partial charge in [-0.15, -0.1) is 0 Å². The minimum atomic E-state index is -1.66. The van der Waals surface area contributed by atoms with Crippen molar-refractivity contribution < 1.29 is 81.3 Å². The van der Waals surface area contributed by atoms with E-state index in [2.05, 4.69) is 17.6 Å². The largest absolute Gasteiger partial charge is 0.479 e. The molecule has 2 aliphatic heterocycles. The van der Waals surface area contributed by atoms with Crippen molar-refractivity contribution >= 4 is 41.7 Å². The second kappa shape index (κ2) is 26.2. The predicted octanol–water partition coefficient (Wildman–Crippen LogP) is 2.62. The highest BCUT2D eigenvalue weighted by atomic mass is 16.7. The molecule has 2 fully saturated rings. The van der Waals surface area contributed by atoms with Gasteiger partial charge in [-0.2, -0.15) is 0 Å². The molecular formula is C39H64N2O17. The number of aliphatic carboxylic acids is 1. The van der Waals surface area contributed by atoms with Crippen molar-refractivity contribution in [1.82, 2.24) is 10.6 Å². The SMILES string of the molecule is CCCCCCCCCCCCO[C@@H]1O[C@H](COC(C)=O)[C@@H](O[C@@H]2O[C@H](COC(C)=O)[C@@H](OC(C)=O)[C@H](OC(C)=O)[C@H]2NC(C)=O)[C@H](OC(C)C(=O)O)[C@H]1NC(C)=O. The molecule has 19 nitrogen and oxygen atoms in total. The Balaban J connectivity index is 2.55. The molecule has 3 N–H and O–H groups in total. The van der Waals surface area contributed by atoms with Gasteiger partial charge in [-0.05, 0) is 13.3 Å². The molecule has 0 aromatic carbocycles. The normalized spacial score (nSPS) is 27.4. The smallest absolute Gasteiger partial charge is 0.332 e. The van der Waals surface area contributed by atoms with Gasteiger partial charge in [0.15, 0.2) is 30.9 Å². The lowest BCUT2D eigenvalue weighted by molar-refractivity contribution is -0.339. The first-order valence-corrected chi connectivity index (χ1v) is 20.1. The Bertz CT molecular complexity index is 1350. The van der Waals surface area contributed by atoms with Crippen molar-refractivity contribution in [3.63, 3.8) is 0 Å². The van der Waals surface area contributed by atoms with Crippen LogP contribution in [0.3, 0.4) is 0 Å². The minimum Gasteiger partial charge on any atom is -0.479 e. The van der Waals surface area contributed by atoms with E-state index < -0.39 is 122 Å². The van der Waals surface area contributed by atoms with Crippen LogP contribution in [0, 0.1) is 0 Å². The monoisotopic (exact) mass is 832 g/mol. The van der Waals surface area contributed by atoms with Crippen LogP contribution in [0.1, 0.15) is 120 Å². The summed E-state index contributed by atoms with van der Waals surface area (Å²) in [6.45, 7) is 9.47. The summed E-state index contributed by atoms with van der Waals surface area (Å²) in [7, 11) is 0. The van der Waals surface area contributed by atoms with E-state index in [-0.39, 0.29) is 6.61 Å². The molecular weight excluding hydrogens is 768 g/mol. The molecule has 2 amide bonds. The van der Waals surface area contributed by atoms with Crippen molar-refractivity contribution in [2.24, 2.45) is 0 Å². The highest BCUT2D eigenvalue weighted by Crippen LogP contribution is 2.34.